The lowest BCUT2D eigenvalue weighted by Gasteiger charge is -2.16. The summed E-state index contributed by atoms with van der Waals surface area (Å²) in [5, 5.41) is 12.2. The molecule has 6 nitrogen and oxygen atoms in total. The maximum Gasteiger partial charge on any atom is 0.231 e. The average molecular weight is 423 g/mol. The standard InChI is InChI=1S/C23H26N4O2S/c1-4-27-22(19-13-9-8-10-16(19)2)25-26-23(27)30-15-21(29)24-20(17(3)28)14-18-11-6-5-7-12-18/h5-13,20H,4,14-15H2,1-3H3,(H,24,29)/t20-/m0/s1. The molecule has 156 valence electrons. The van der Waals surface area contributed by atoms with Crippen LogP contribution in [0, 0.1) is 6.92 Å². The van der Waals surface area contributed by atoms with Crippen molar-refractivity contribution in [2.75, 3.05) is 5.75 Å². The van der Waals surface area contributed by atoms with Crippen molar-refractivity contribution in [2.24, 2.45) is 0 Å². The summed E-state index contributed by atoms with van der Waals surface area (Å²) in [4.78, 5) is 24.5. The number of amides is 1. The molecule has 1 amide bonds. The molecule has 0 aliphatic heterocycles. The van der Waals surface area contributed by atoms with Crippen molar-refractivity contribution < 1.29 is 9.59 Å². The molecule has 0 saturated heterocycles. The van der Waals surface area contributed by atoms with E-state index in [1.54, 1.807) is 0 Å². The molecule has 0 fully saturated rings. The number of hydrogen-bond donors (Lipinski definition) is 1. The molecule has 2 aromatic carbocycles. The molecule has 0 aliphatic rings. The third kappa shape index (κ3) is 5.36. The molecule has 3 aromatic rings. The van der Waals surface area contributed by atoms with Crippen molar-refractivity contribution >= 4 is 23.5 Å². The summed E-state index contributed by atoms with van der Waals surface area (Å²) in [7, 11) is 0. The molecule has 0 aliphatic carbocycles. The first-order valence-corrected chi connectivity index (χ1v) is 10.9. The summed E-state index contributed by atoms with van der Waals surface area (Å²) in [5.74, 6) is 0.712. The lowest BCUT2D eigenvalue weighted by molar-refractivity contribution is -0.125. The predicted octanol–water partition coefficient (Wildman–Crippen LogP) is 3.68. The van der Waals surface area contributed by atoms with Gasteiger partial charge in [-0.3, -0.25) is 9.59 Å². The third-order valence-corrected chi connectivity index (χ3v) is 5.83. The maximum absolute atomic E-state index is 12.5. The van der Waals surface area contributed by atoms with Gasteiger partial charge in [0.25, 0.3) is 0 Å². The highest BCUT2D eigenvalue weighted by molar-refractivity contribution is 7.99. The molecule has 1 aromatic heterocycles. The van der Waals surface area contributed by atoms with Crippen LogP contribution < -0.4 is 5.32 Å². The number of nitrogens with one attached hydrogen (secondary N) is 1. The van der Waals surface area contributed by atoms with E-state index >= 15 is 0 Å². The Hall–Kier alpha value is -2.93. The van der Waals surface area contributed by atoms with Crippen LogP contribution in [0.25, 0.3) is 11.4 Å². The number of rotatable bonds is 9. The maximum atomic E-state index is 12.5. The van der Waals surface area contributed by atoms with Crippen molar-refractivity contribution in [1.82, 2.24) is 20.1 Å². The van der Waals surface area contributed by atoms with E-state index < -0.39 is 6.04 Å². The van der Waals surface area contributed by atoms with Crippen LogP contribution in [0.2, 0.25) is 0 Å². The Morgan fingerprint density at radius 1 is 1.07 bits per heavy atom. The van der Waals surface area contributed by atoms with Crippen LogP contribution in [-0.2, 0) is 22.6 Å². The average Bonchev–Trinajstić information content (AvgIpc) is 3.15. The number of nitrogens with zero attached hydrogens (tertiary/aromatic N) is 3. The van der Waals surface area contributed by atoms with Gasteiger partial charge in [0, 0.05) is 12.1 Å². The van der Waals surface area contributed by atoms with Crippen molar-refractivity contribution in [3.05, 3.63) is 65.7 Å². The van der Waals surface area contributed by atoms with E-state index in [0.717, 1.165) is 22.5 Å². The highest BCUT2D eigenvalue weighted by atomic mass is 32.2. The molecule has 3 rings (SSSR count). The number of carbonyl (C=O) groups excluding carboxylic acids is 2. The molecule has 0 spiro atoms. The van der Waals surface area contributed by atoms with Crippen molar-refractivity contribution in [1.29, 1.82) is 0 Å². The van der Waals surface area contributed by atoms with E-state index in [2.05, 4.69) is 15.5 Å². The number of hydrogen-bond acceptors (Lipinski definition) is 5. The lowest BCUT2D eigenvalue weighted by atomic mass is 10.0. The van der Waals surface area contributed by atoms with Crippen LogP contribution in [0.5, 0.6) is 0 Å². The Kier molecular flexibility index (Phi) is 7.41. The van der Waals surface area contributed by atoms with Gasteiger partial charge in [0.15, 0.2) is 16.8 Å². The molecular formula is C23H26N4O2S. The Balaban J connectivity index is 1.65. The van der Waals surface area contributed by atoms with Crippen molar-refractivity contribution in [3.8, 4) is 11.4 Å². The normalized spacial score (nSPS) is 11.8. The van der Waals surface area contributed by atoms with Gasteiger partial charge in [-0.15, -0.1) is 10.2 Å². The lowest BCUT2D eigenvalue weighted by Crippen LogP contribution is -2.42. The first-order chi connectivity index (χ1) is 14.5. The Morgan fingerprint density at radius 2 is 1.77 bits per heavy atom. The van der Waals surface area contributed by atoms with Crippen LogP contribution in [0.4, 0.5) is 0 Å². The second-order valence-corrected chi connectivity index (χ2v) is 8.02. The Bertz CT molecular complexity index is 1020. The Labute approximate surface area is 181 Å². The van der Waals surface area contributed by atoms with E-state index in [4.69, 9.17) is 0 Å². The van der Waals surface area contributed by atoms with Gasteiger partial charge in [0.2, 0.25) is 5.91 Å². The number of aromatic nitrogens is 3. The fraction of sp³-hybridized carbons (Fsp3) is 0.304. The van der Waals surface area contributed by atoms with Crippen molar-refractivity contribution in [3.63, 3.8) is 0 Å². The number of carbonyl (C=O) groups is 2. The SMILES string of the molecule is CCn1c(SCC(=O)N[C@@H](Cc2ccccc2)C(C)=O)nnc1-c1ccccc1C. The van der Waals surface area contributed by atoms with Crippen LogP contribution in [0.3, 0.4) is 0 Å². The monoisotopic (exact) mass is 422 g/mol. The van der Waals surface area contributed by atoms with Gasteiger partial charge in [-0.2, -0.15) is 0 Å². The van der Waals surface area contributed by atoms with Gasteiger partial charge >= 0.3 is 0 Å². The minimum absolute atomic E-state index is 0.0595. The van der Waals surface area contributed by atoms with Crippen LogP contribution in [0.1, 0.15) is 25.0 Å². The predicted molar refractivity (Wildman–Crippen MR) is 119 cm³/mol. The molecule has 0 bridgehead atoms. The number of Topliss-reactive ketones (excluding diaryl/α,β-unsaturated/α-hetero) is 1. The molecule has 1 atom stereocenters. The van der Waals surface area contributed by atoms with Gasteiger partial charge < -0.3 is 9.88 Å². The summed E-state index contributed by atoms with van der Waals surface area (Å²) in [6, 6.07) is 17.2. The summed E-state index contributed by atoms with van der Waals surface area (Å²) in [5.41, 5.74) is 3.17. The van der Waals surface area contributed by atoms with E-state index in [1.807, 2.05) is 73.0 Å². The molecular weight excluding hydrogens is 396 g/mol. The van der Waals surface area contributed by atoms with E-state index in [0.29, 0.717) is 18.1 Å². The zero-order valence-electron chi connectivity index (χ0n) is 17.5. The first kappa shape index (κ1) is 21.8. The highest BCUT2D eigenvalue weighted by Gasteiger charge is 2.19. The quantitative estimate of drug-likeness (QED) is 0.532. The van der Waals surface area contributed by atoms with Crippen molar-refractivity contribution in [2.45, 2.75) is 44.9 Å². The van der Waals surface area contributed by atoms with Crippen LogP contribution in [0.15, 0.2) is 59.8 Å². The molecule has 0 unspecified atom stereocenters. The number of ketones is 1. The second-order valence-electron chi connectivity index (χ2n) is 7.07. The van der Waals surface area contributed by atoms with E-state index in [-0.39, 0.29) is 17.4 Å². The Morgan fingerprint density at radius 3 is 2.43 bits per heavy atom. The molecule has 0 radical (unpaired) electrons. The van der Waals surface area contributed by atoms with Crippen LogP contribution >= 0.6 is 11.8 Å². The minimum Gasteiger partial charge on any atom is -0.345 e. The van der Waals surface area contributed by atoms with Gasteiger partial charge in [-0.1, -0.05) is 66.4 Å². The van der Waals surface area contributed by atoms with E-state index in [9.17, 15) is 9.59 Å². The van der Waals surface area contributed by atoms with Gasteiger partial charge in [0.05, 0.1) is 11.8 Å². The number of aryl methyl sites for hydroxylation is 1. The zero-order valence-corrected chi connectivity index (χ0v) is 18.3. The number of benzene rings is 2. The summed E-state index contributed by atoms with van der Waals surface area (Å²) < 4.78 is 2.01. The van der Waals surface area contributed by atoms with Crippen LogP contribution in [-0.4, -0.2) is 38.2 Å². The molecule has 1 N–H and O–H groups in total. The topological polar surface area (TPSA) is 76.9 Å². The third-order valence-electron chi connectivity index (χ3n) is 4.86. The summed E-state index contributed by atoms with van der Waals surface area (Å²) in [6.07, 6.45) is 0.481. The molecule has 1 heterocycles. The molecule has 7 heteroatoms. The molecule has 30 heavy (non-hydrogen) atoms. The molecule has 0 saturated carbocycles. The number of thioether (sulfide) groups is 1. The largest absolute Gasteiger partial charge is 0.345 e. The van der Waals surface area contributed by atoms with Gasteiger partial charge in [-0.05, 0) is 38.3 Å². The highest BCUT2D eigenvalue weighted by Crippen LogP contribution is 2.26. The smallest absolute Gasteiger partial charge is 0.231 e. The fourth-order valence-electron chi connectivity index (χ4n) is 3.22. The summed E-state index contributed by atoms with van der Waals surface area (Å²) in [6.45, 7) is 6.27. The van der Waals surface area contributed by atoms with Gasteiger partial charge in [0.1, 0.15) is 0 Å². The minimum atomic E-state index is -0.535. The second kappa shape index (κ2) is 10.2. The summed E-state index contributed by atoms with van der Waals surface area (Å²) >= 11 is 1.33. The van der Waals surface area contributed by atoms with E-state index in [1.165, 1.54) is 18.7 Å². The fourth-order valence-corrected chi connectivity index (χ4v) is 4.03. The van der Waals surface area contributed by atoms with Gasteiger partial charge in [-0.25, -0.2) is 0 Å². The first-order valence-electron chi connectivity index (χ1n) is 9.95. The zero-order chi connectivity index (χ0) is 21.5.